The smallest absolute Gasteiger partial charge is 0.306 e. The van der Waals surface area contributed by atoms with Crippen LogP contribution in [0.5, 0.6) is 0 Å². The van der Waals surface area contributed by atoms with E-state index in [4.69, 9.17) is 5.11 Å². The molecule has 0 saturated heterocycles. The van der Waals surface area contributed by atoms with Crippen molar-refractivity contribution in [2.24, 2.45) is 11.8 Å². The second-order valence-electron chi connectivity index (χ2n) is 3.42. The standard InChI is InChI=1S/C9H16O2/c1-2-3-4-8(9(10)11)7-5-6-7/h7-8H,2-6H2,1H3,(H,10,11)/t8-/m1/s1. The monoisotopic (exact) mass is 156 g/mol. The number of carboxylic acids is 1. The van der Waals surface area contributed by atoms with Crippen LogP contribution in [0.1, 0.15) is 39.0 Å². The number of hydrogen-bond acceptors (Lipinski definition) is 1. The minimum Gasteiger partial charge on any atom is -0.481 e. The zero-order chi connectivity index (χ0) is 8.27. The van der Waals surface area contributed by atoms with Crippen molar-refractivity contribution in [1.82, 2.24) is 0 Å². The Morgan fingerprint density at radius 2 is 2.27 bits per heavy atom. The molecule has 0 aliphatic heterocycles. The summed E-state index contributed by atoms with van der Waals surface area (Å²) in [5.41, 5.74) is 0. The lowest BCUT2D eigenvalue weighted by atomic mass is 9.97. The van der Waals surface area contributed by atoms with Crippen molar-refractivity contribution >= 4 is 5.97 Å². The first kappa shape index (κ1) is 8.57. The van der Waals surface area contributed by atoms with Crippen molar-refractivity contribution in [1.29, 1.82) is 0 Å². The van der Waals surface area contributed by atoms with E-state index in [-0.39, 0.29) is 5.92 Å². The van der Waals surface area contributed by atoms with E-state index >= 15 is 0 Å². The Hall–Kier alpha value is -0.530. The molecule has 0 aromatic carbocycles. The van der Waals surface area contributed by atoms with Crippen molar-refractivity contribution in [3.63, 3.8) is 0 Å². The van der Waals surface area contributed by atoms with E-state index in [2.05, 4.69) is 6.92 Å². The van der Waals surface area contributed by atoms with E-state index in [9.17, 15) is 4.79 Å². The molecule has 1 atom stereocenters. The van der Waals surface area contributed by atoms with Gasteiger partial charge in [0.1, 0.15) is 0 Å². The topological polar surface area (TPSA) is 37.3 Å². The molecule has 0 heterocycles. The maximum atomic E-state index is 10.7. The molecular weight excluding hydrogens is 140 g/mol. The highest BCUT2D eigenvalue weighted by Crippen LogP contribution is 2.39. The number of carboxylic acid groups (broad SMARTS) is 1. The molecule has 1 rings (SSSR count). The second-order valence-corrected chi connectivity index (χ2v) is 3.42. The van der Waals surface area contributed by atoms with E-state index in [0.717, 1.165) is 32.1 Å². The van der Waals surface area contributed by atoms with Crippen LogP contribution in [0.15, 0.2) is 0 Å². The minimum absolute atomic E-state index is 0.0325. The lowest BCUT2D eigenvalue weighted by Crippen LogP contribution is -2.15. The zero-order valence-electron chi connectivity index (χ0n) is 7.05. The molecule has 0 aromatic heterocycles. The van der Waals surface area contributed by atoms with Gasteiger partial charge in [-0.3, -0.25) is 4.79 Å². The van der Waals surface area contributed by atoms with Crippen LogP contribution in [-0.2, 0) is 4.79 Å². The van der Waals surface area contributed by atoms with Crippen LogP contribution in [0.4, 0.5) is 0 Å². The Balaban J connectivity index is 2.26. The van der Waals surface area contributed by atoms with Gasteiger partial charge in [0.05, 0.1) is 5.92 Å². The maximum Gasteiger partial charge on any atom is 0.306 e. The molecule has 11 heavy (non-hydrogen) atoms. The summed E-state index contributed by atoms with van der Waals surface area (Å²) in [6.45, 7) is 2.10. The predicted molar refractivity (Wildman–Crippen MR) is 43.4 cm³/mol. The quantitative estimate of drug-likeness (QED) is 0.663. The Labute approximate surface area is 67.6 Å². The fourth-order valence-corrected chi connectivity index (χ4v) is 1.48. The summed E-state index contributed by atoms with van der Waals surface area (Å²) in [5, 5.41) is 8.81. The normalized spacial score (nSPS) is 19.7. The van der Waals surface area contributed by atoms with Crippen molar-refractivity contribution < 1.29 is 9.90 Å². The molecule has 1 aliphatic carbocycles. The van der Waals surface area contributed by atoms with E-state index < -0.39 is 5.97 Å². The summed E-state index contributed by atoms with van der Waals surface area (Å²) in [4.78, 5) is 10.7. The zero-order valence-corrected chi connectivity index (χ0v) is 7.05. The van der Waals surface area contributed by atoms with Crippen LogP contribution in [0.3, 0.4) is 0 Å². The highest BCUT2D eigenvalue weighted by Gasteiger charge is 2.35. The number of carbonyl (C=O) groups is 1. The van der Waals surface area contributed by atoms with Crippen LogP contribution in [0.2, 0.25) is 0 Å². The highest BCUT2D eigenvalue weighted by atomic mass is 16.4. The van der Waals surface area contributed by atoms with E-state index in [1.165, 1.54) is 0 Å². The van der Waals surface area contributed by atoms with E-state index in [1.807, 2.05) is 0 Å². The third-order valence-corrected chi connectivity index (χ3v) is 2.38. The van der Waals surface area contributed by atoms with Crippen molar-refractivity contribution in [2.75, 3.05) is 0 Å². The van der Waals surface area contributed by atoms with Crippen LogP contribution in [0, 0.1) is 11.8 Å². The SMILES string of the molecule is CCCC[C@@H](C(=O)O)C1CC1. The fourth-order valence-electron chi connectivity index (χ4n) is 1.48. The molecule has 1 fully saturated rings. The Morgan fingerprint density at radius 3 is 2.64 bits per heavy atom. The lowest BCUT2D eigenvalue weighted by Gasteiger charge is -2.08. The fraction of sp³-hybridized carbons (Fsp3) is 0.889. The average molecular weight is 156 g/mol. The highest BCUT2D eigenvalue weighted by molar-refractivity contribution is 5.70. The maximum absolute atomic E-state index is 10.7. The van der Waals surface area contributed by atoms with Crippen LogP contribution < -0.4 is 0 Å². The molecule has 0 spiro atoms. The van der Waals surface area contributed by atoms with Gasteiger partial charge in [-0.1, -0.05) is 19.8 Å². The molecule has 0 radical (unpaired) electrons. The van der Waals surface area contributed by atoms with Gasteiger partial charge in [0.2, 0.25) is 0 Å². The average Bonchev–Trinajstić information content (AvgIpc) is 2.71. The molecular formula is C9H16O2. The van der Waals surface area contributed by atoms with Gasteiger partial charge in [-0.25, -0.2) is 0 Å². The number of unbranched alkanes of at least 4 members (excludes halogenated alkanes) is 1. The number of rotatable bonds is 5. The molecule has 1 aliphatic rings. The van der Waals surface area contributed by atoms with Crippen LogP contribution >= 0.6 is 0 Å². The van der Waals surface area contributed by atoms with Gasteiger partial charge in [-0.05, 0) is 25.2 Å². The summed E-state index contributed by atoms with van der Waals surface area (Å²) in [6.07, 6.45) is 5.34. The Kier molecular flexibility index (Phi) is 2.92. The van der Waals surface area contributed by atoms with Crippen LogP contribution in [0.25, 0.3) is 0 Å². The first-order valence-corrected chi connectivity index (χ1v) is 4.48. The third-order valence-electron chi connectivity index (χ3n) is 2.38. The molecule has 64 valence electrons. The largest absolute Gasteiger partial charge is 0.481 e. The molecule has 2 nitrogen and oxygen atoms in total. The van der Waals surface area contributed by atoms with Gasteiger partial charge in [0, 0.05) is 0 Å². The molecule has 0 amide bonds. The molecule has 0 unspecified atom stereocenters. The minimum atomic E-state index is -0.582. The van der Waals surface area contributed by atoms with Gasteiger partial charge >= 0.3 is 5.97 Å². The van der Waals surface area contributed by atoms with Gasteiger partial charge < -0.3 is 5.11 Å². The Morgan fingerprint density at radius 1 is 1.64 bits per heavy atom. The van der Waals surface area contributed by atoms with Crippen molar-refractivity contribution in [3.05, 3.63) is 0 Å². The first-order chi connectivity index (χ1) is 5.25. The predicted octanol–water partition coefficient (Wildman–Crippen LogP) is 2.29. The van der Waals surface area contributed by atoms with Crippen molar-refractivity contribution in [2.45, 2.75) is 39.0 Å². The summed E-state index contributed by atoms with van der Waals surface area (Å²) in [6, 6.07) is 0. The lowest BCUT2D eigenvalue weighted by molar-refractivity contribution is -0.142. The van der Waals surface area contributed by atoms with Crippen LogP contribution in [-0.4, -0.2) is 11.1 Å². The van der Waals surface area contributed by atoms with Gasteiger partial charge in [-0.2, -0.15) is 0 Å². The van der Waals surface area contributed by atoms with Crippen molar-refractivity contribution in [3.8, 4) is 0 Å². The summed E-state index contributed by atoms with van der Waals surface area (Å²) >= 11 is 0. The number of aliphatic carboxylic acids is 1. The van der Waals surface area contributed by atoms with Gasteiger partial charge in [-0.15, -0.1) is 0 Å². The molecule has 0 aromatic rings. The first-order valence-electron chi connectivity index (χ1n) is 4.48. The molecule has 1 N–H and O–H groups in total. The van der Waals surface area contributed by atoms with E-state index in [0.29, 0.717) is 5.92 Å². The van der Waals surface area contributed by atoms with Gasteiger partial charge in [0.25, 0.3) is 0 Å². The third kappa shape index (κ3) is 2.52. The second kappa shape index (κ2) is 3.74. The summed E-state index contributed by atoms with van der Waals surface area (Å²) < 4.78 is 0. The summed E-state index contributed by atoms with van der Waals surface area (Å²) in [5.74, 6) is -0.102. The Bertz CT molecular complexity index is 138. The molecule has 1 saturated carbocycles. The van der Waals surface area contributed by atoms with E-state index in [1.54, 1.807) is 0 Å². The molecule has 0 bridgehead atoms. The number of hydrogen-bond donors (Lipinski definition) is 1. The molecule has 2 heteroatoms. The van der Waals surface area contributed by atoms with Gasteiger partial charge in [0.15, 0.2) is 0 Å². The summed E-state index contributed by atoms with van der Waals surface area (Å²) in [7, 11) is 0.